The fraction of sp³-hybridized carbons (Fsp3) is 0.133. The van der Waals surface area contributed by atoms with Gasteiger partial charge in [0.2, 0.25) is 5.91 Å². The quantitative estimate of drug-likeness (QED) is 0.124. The maximum atomic E-state index is 13.4. The third-order valence-corrected chi connectivity index (χ3v) is 8.76. The highest BCUT2D eigenvalue weighted by atomic mass is 35.5. The molecule has 0 saturated carbocycles. The molecule has 4 rings (SSSR count). The van der Waals surface area contributed by atoms with Gasteiger partial charge in [0.1, 0.15) is 5.70 Å². The second-order valence-electron chi connectivity index (χ2n) is 8.80. The normalized spacial score (nSPS) is 12.0. The van der Waals surface area contributed by atoms with E-state index < -0.39 is 11.8 Å². The van der Waals surface area contributed by atoms with Crippen LogP contribution in [-0.4, -0.2) is 28.0 Å². The van der Waals surface area contributed by atoms with Crippen molar-refractivity contribution < 1.29 is 14.4 Å². The molecule has 3 amide bonds. The number of hydrogen-bond acceptors (Lipinski definition) is 6. The standard InChI is InChI=1S/C30H26Cl2N4O3S2/c1-3-25(29(39)36-30-33-18(2)17-40-30)41-22-13-8-12-21(16-22)34-28(38)24(15-20-11-7-14-23(31)26(20)32)35-27(37)19-9-5-4-6-10-19/h4-17,25H,3H2,1-2H3,(H,34,38)(H,35,37)(H,33,36,39)/b24-15+. The van der Waals surface area contributed by atoms with Crippen LogP contribution in [-0.2, 0) is 9.59 Å². The van der Waals surface area contributed by atoms with Gasteiger partial charge in [0.05, 0.1) is 21.0 Å². The maximum Gasteiger partial charge on any atom is 0.272 e. The van der Waals surface area contributed by atoms with Gasteiger partial charge in [-0.3, -0.25) is 14.4 Å². The summed E-state index contributed by atoms with van der Waals surface area (Å²) in [6.07, 6.45) is 2.07. The Bertz CT molecular complexity index is 1590. The van der Waals surface area contributed by atoms with E-state index in [2.05, 4.69) is 20.9 Å². The lowest BCUT2D eigenvalue weighted by Gasteiger charge is -2.15. The molecule has 1 aromatic heterocycles. The second-order valence-corrected chi connectivity index (χ2v) is 11.7. The number of anilines is 2. The number of rotatable bonds is 10. The zero-order valence-electron chi connectivity index (χ0n) is 22.1. The average molecular weight is 626 g/mol. The third-order valence-electron chi connectivity index (χ3n) is 5.69. The maximum absolute atomic E-state index is 13.4. The van der Waals surface area contributed by atoms with Gasteiger partial charge in [-0.15, -0.1) is 23.1 Å². The minimum atomic E-state index is -0.559. The fourth-order valence-electron chi connectivity index (χ4n) is 3.66. The number of aromatic nitrogens is 1. The van der Waals surface area contributed by atoms with Crippen LogP contribution in [0.15, 0.2) is 88.8 Å². The third kappa shape index (κ3) is 8.43. The molecule has 0 aliphatic rings. The summed E-state index contributed by atoms with van der Waals surface area (Å²) in [5.41, 5.74) is 2.17. The van der Waals surface area contributed by atoms with Crippen LogP contribution in [0.5, 0.6) is 0 Å². The molecule has 41 heavy (non-hydrogen) atoms. The number of amides is 3. The fourth-order valence-corrected chi connectivity index (χ4v) is 5.73. The van der Waals surface area contributed by atoms with E-state index in [1.54, 1.807) is 66.7 Å². The van der Waals surface area contributed by atoms with Gasteiger partial charge in [0.25, 0.3) is 11.8 Å². The summed E-state index contributed by atoms with van der Waals surface area (Å²) in [6, 6.07) is 20.7. The molecular formula is C30H26Cl2N4O3S2. The number of nitrogens with one attached hydrogen (secondary N) is 3. The lowest BCUT2D eigenvalue weighted by atomic mass is 10.1. The van der Waals surface area contributed by atoms with Crippen molar-refractivity contribution in [2.45, 2.75) is 30.4 Å². The smallest absolute Gasteiger partial charge is 0.272 e. The molecule has 3 aromatic carbocycles. The van der Waals surface area contributed by atoms with E-state index in [0.717, 1.165) is 10.6 Å². The molecule has 3 N–H and O–H groups in total. The molecule has 0 saturated heterocycles. The number of nitrogens with zero attached hydrogens (tertiary/aromatic N) is 1. The van der Waals surface area contributed by atoms with Gasteiger partial charge in [-0.1, -0.05) is 66.5 Å². The molecule has 7 nitrogen and oxygen atoms in total. The minimum Gasteiger partial charge on any atom is -0.321 e. The van der Waals surface area contributed by atoms with E-state index in [9.17, 15) is 14.4 Å². The molecule has 0 aliphatic heterocycles. The van der Waals surface area contributed by atoms with Crippen molar-refractivity contribution in [3.05, 3.63) is 111 Å². The zero-order valence-corrected chi connectivity index (χ0v) is 25.3. The summed E-state index contributed by atoms with van der Waals surface area (Å²) in [4.78, 5) is 44.3. The summed E-state index contributed by atoms with van der Waals surface area (Å²) >= 11 is 15.3. The van der Waals surface area contributed by atoms with Gasteiger partial charge < -0.3 is 16.0 Å². The van der Waals surface area contributed by atoms with E-state index in [0.29, 0.717) is 33.4 Å². The Hall–Kier alpha value is -3.63. The molecule has 1 atom stereocenters. The van der Waals surface area contributed by atoms with E-state index >= 15 is 0 Å². The topological polar surface area (TPSA) is 100 Å². The zero-order chi connectivity index (χ0) is 29.4. The predicted molar refractivity (Wildman–Crippen MR) is 169 cm³/mol. The average Bonchev–Trinajstić information content (AvgIpc) is 3.38. The van der Waals surface area contributed by atoms with Crippen molar-refractivity contribution in [1.82, 2.24) is 10.3 Å². The molecular weight excluding hydrogens is 599 g/mol. The summed E-state index contributed by atoms with van der Waals surface area (Å²) in [7, 11) is 0. The molecule has 0 bridgehead atoms. The Kier molecular flexibility index (Phi) is 10.6. The van der Waals surface area contributed by atoms with Gasteiger partial charge in [-0.25, -0.2) is 4.98 Å². The Morgan fingerprint density at radius 2 is 1.76 bits per heavy atom. The number of aryl methyl sites for hydroxylation is 1. The van der Waals surface area contributed by atoms with E-state index in [1.807, 2.05) is 25.3 Å². The molecule has 1 heterocycles. The Balaban J connectivity index is 1.53. The Morgan fingerprint density at radius 1 is 1.00 bits per heavy atom. The molecule has 0 spiro atoms. The van der Waals surface area contributed by atoms with E-state index in [1.165, 1.54) is 29.2 Å². The monoisotopic (exact) mass is 624 g/mol. The number of halogens is 2. The lowest BCUT2D eigenvalue weighted by Crippen LogP contribution is -2.30. The van der Waals surface area contributed by atoms with Crippen LogP contribution < -0.4 is 16.0 Å². The summed E-state index contributed by atoms with van der Waals surface area (Å²) in [5, 5.41) is 11.0. The van der Waals surface area contributed by atoms with Crippen molar-refractivity contribution in [3.8, 4) is 0 Å². The van der Waals surface area contributed by atoms with Crippen LogP contribution in [0, 0.1) is 6.92 Å². The molecule has 4 aromatic rings. The van der Waals surface area contributed by atoms with Crippen molar-refractivity contribution in [2.75, 3.05) is 10.6 Å². The van der Waals surface area contributed by atoms with Gasteiger partial charge >= 0.3 is 0 Å². The van der Waals surface area contributed by atoms with Crippen molar-refractivity contribution in [1.29, 1.82) is 0 Å². The van der Waals surface area contributed by atoms with Crippen molar-refractivity contribution in [3.63, 3.8) is 0 Å². The highest BCUT2D eigenvalue weighted by Crippen LogP contribution is 2.30. The lowest BCUT2D eigenvalue weighted by molar-refractivity contribution is -0.116. The summed E-state index contributed by atoms with van der Waals surface area (Å²) < 4.78 is 0. The molecule has 1 unspecified atom stereocenters. The molecule has 0 radical (unpaired) electrons. The van der Waals surface area contributed by atoms with Crippen LogP contribution in [0.25, 0.3) is 6.08 Å². The molecule has 11 heteroatoms. The van der Waals surface area contributed by atoms with Crippen molar-refractivity contribution >= 4 is 80.9 Å². The number of carbonyl (C=O) groups is 3. The van der Waals surface area contributed by atoms with Gasteiger partial charge in [-0.05, 0) is 61.4 Å². The number of hydrogen-bond donors (Lipinski definition) is 3. The summed E-state index contributed by atoms with van der Waals surface area (Å²) in [6.45, 7) is 3.80. The Labute approximate surface area is 256 Å². The summed E-state index contributed by atoms with van der Waals surface area (Å²) in [5.74, 6) is -1.16. The van der Waals surface area contributed by atoms with Gasteiger partial charge in [0.15, 0.2) is 5.13 Å². The highest BCUT2D eigenvalue weighted by Gasteiger charge is 2.20. The van der Waals surface area contributed by atoms with E-state index in [4.69, 9.17) is 23.2 Å². The number of thiazole rings is 1. The van der Waals surface area contributed by atoms with Crippen LogP contribution in [0.3, 0.4) is 0 Å². The Morgan fingerprint density at radius 3 is 2.46 bits per heavy atom. The van der Waals surface area contributed by atoms with Crippen LogP contribution >= 0.6 is 46.3 Å². The first-order valence-corrected chi connectivity index (χ1v) is 15.1. The largest absolute Gasteiger partial charge is 0.321 e. The molecule has 0 aliphatic carbocycles. The highest BCUT2D eigenvalue weighted by molar-refractivity contribution is 8.00. The first-order chi connectivity index (χ1) is 19.7. The molecule has 0 fully saturated rings. The first-order valence-electron chi connectivity index (χ1n) is 12.6. The van der Waals surface area contributed by atoms with E-state index in [-0.39, 0.29) is 21.9 Å². The minimum absolute atomic E-state index is 0.0226. The first kappa shape index (κ1) is 30.3. The van der Waals surface area contributed by atoms with Gasteiger partial charge in [-0.2, -0.15) is 0 Å². The predicted octanol–water partition coefficient (Wildman–Crippen LogP) is 7.68. The van der Waals surface area contributed by atoms with Crippen LogP contribution in [0.2, 0.25) is 10.0 Å². The van der Waals surface area contributed by atoms with Crippen LogP contribution in [0.4, 0.5) is 10.8 Å². The number of carbonyl (C=O) groups excluding carboxylic acids is 3. The second kappa shape index (κ2) is 14.3. The number of benzene rings is 3. The van der Waals surface area contributed by atoms with Gasteiger partial charge in [0, 0.05) is 21.5 Å². The molecule has 210 valence electrons. The number of thioether (sulfide) groups is 1. The SMILES string of the molecule is CCC(Sc1cccc(NC(=O)/C(=C\c2cccc(Cl)c2Cl)NC(=O)c2ccccc2)c1)C(=O)Nc1nc(C)cs1. The van der Waals surface area contributed by atoms with Crippen molar-refractivity contribution in [2.24, 2.45) is 0 Å². The van der Waals surface area contributed by atoms with Crippen LogP contribution in [0.1, 0.15) is 35.0 Å².